The summed E-state index contributed by atoms with van der Waals surface area (Å²) in [5.41, 5.74) is 4.84. The van der Waals surface area contributed by atoms with E-state index in [4.69, 9.17) is 0 Å². The van der Waals surface area contributed by atoms with Gasteiger partial charge in [0.2, 0.25) is 0 Å². The first-order valence-corrected chi connectivity index (χ1v) is 6.87. The predicted octanol–water partition coefficient (Wildman–Crippen LogP) is 4.03. The van der Waals surface area contributed by atoms with Crippen molar-refractivity contribution in [3.63, 3.8) is 0 Å². The van der Waals surface area contributed by atoms with Crippen LogP contribution in [-0.2, 0) is 6.42 Å². The number of allylic oxidation sites excluding steroid dienone is 1. The minimum Gasteiger partial charge on any atom is -0.478 e. The fourth-order valence-electron chi connectivity index (χ4n) is 2.96. The molecule has 1 aromatic heterocycles. The van der Waals surface area contributed by atoms with Crippen LogP contribution in [-0.4, -0.2) is 15.6 Å². The van der Waals surface area contributed by atoms with Gasteiger partial charge in [0.15, 0.2) is 0 Å². The van der Waals surface area contributed by atoms with E-state index in [1.54, 1.807) is 12.1 Å². The van der Waals surface area contributed by atoms with Crippen LogP contribution < -0.4 is 0 Å². The van der Waals surface area contributed by atoms with E-state index in [9.17, 15) is 9.90 Å². The standard InChI is InChI=1S/C18H13NO2/c20-18(21)14-8-7-13-10-17-15-6-2-1-4-12(15)5-3-9-19(17)16(13)11-14/h1-4,6-11H,5H2,(H,20,21). The topological polar surface area (TPSA) is 42.2 Å². The summed E-state index contributed by atoms with van der Waals surface area (Å²) in [5, 5.41) is 10.2. The zero-order valence-corrected chi connectivity index (χ0v) is 11.3. The zero-order valence-electron chi connectivity index (χ0n) is 11.3. The Bertz CT molecular complexity index is 903. The fraction of sp³-hybridized carbons (Fsp3) is 0.0556. The zero-order chi connectivity index (χ0) is 14.4. The number of aromatic carboxylic acids is 1. The number of hydrogen-bond acceptors (Lipinski definition) is 1. The van der Waals surface area contributed by atoms with E-state index >= 15 is 0 Å². The number of aromatic nitrogens is 1. The summed E-state index contributed by atoms with van der Waals surface area (Å²) < 4.78 is 2.08. The Kier molecular flexibility index (Phi) is 2.48. The third-order valence-corrected chi connectivity index (χ3v) is 3.97. The molecule has 102 valence electrons. The van der Waals surface area contributed by atoms with Crippen LogP contribution in [0.4, 0.5) is 0 Å². The molecule has 0 saturated carbocycles. The molecule has 3 nitrogen and oxygen atoms in total. The third-order valence-electron chi connectivity index (χ3n) is 3.97. The first kappa shape index (κ1) is 12.0. The molecule has 2 heterocycles. The Labute approximate surface area is 121 Å². The first-order valence-electron chi connectivity index (χ1n) is 6.87. The number of carboxylic acids is 1. The van der Waals surface area contributed by atoms with E-state index < -0.39 is 5.97 Å². The molecule has 0 fully saturated rings. The van der Waals surface area contributed by atoms with Crippen molar-refractivity contribution in [3.8, 4) is 11.3 Å². The number of carbonyl (C=O) groups is 1. The summed E-state index contributed by atoms with van der Waals surface area (Å²) in [7, 11) is 0. The largest absolute Gasteiger partial charge is 0.478 e. The minimum atomic E-state index is -0.898. The lowest BCUT2D eigenvalue weighted by Crippen LogP contribution is -1.96. The molecule has 3 aromatic rings. The Morgan fingerprint density at radius 2 is 1.95 bits per heavy atom. The molecule has 0 aliphatic carbocycles. The van der Waals surface area contributed by atoms with Crippen molar-refractivity contribution < 1.29 is 9.90 Å². The van der Waals surface area contributed by atoms with E-state index in [1.165, 1.54) is 11.1 Å². The molecule has 0 radical (unpaired) electrons. The maximum absolute atomic E-state index is 11.2. The molecular formula is C18H13NO2. The highest BCUT2D eigenvalue weighted by Gasteiger charge is 2.15. The molecule has 4 rings (SSSR count). The van der Waals surface area contributed by atoms with Gasteiger partial charge in [-0.15, -0.1) is 0 Å². The van der Waals surface area contributed by atoms with Gasteiger partial charge in [-0.25, -0.2) is 4.79 Å². The van der Waals surface area contributed by atoms with Crippen LogP contribution >= 0.6 is 0 Å². The number of hydrogen-bond donors (Lipinski definition) is 1. The smallest absolute Gasteiger partial charge is 0.335 e. The monoisotopic (exact) mass is 275 g/mol. The number of carboxylic acid groups (broad SMARTS) is 1. The van der Waals surface area contributed by atoms with E-state index in [1.807, 2.05) is 24.4 Å². The molecule has 1 N–H and O–H groups in total. The van der Waals surface area contributed by atoms with Gasteiger partial charge >= 0.3 is 5.97 Å². The van der Waals surface area contributed by atoms with Gasteiger partial charge in [0.25, 0.3) is 0 Å². The molecular weight excluding hydrogens is 262 g/mol. The van der Waals surface area contributed by atoms with E-state index in [0.717, 1.165) is 23.0 Å². The van der Waals surface area contributed by atoms with Crippen LogP contribution in [0, 0.1) is 0 Å². The van der Waals surface area contributed by atoms with Crippen LogP contribution in [0.15, 0.2) is 54.6 Å². The summed E-state index contributed by atoms with van der Waals surface area (Å²) in [6.45, 7) is 0. The quantitative estimate of drug-likeness (QED) is 0.728. The van der Waals surface area contributed by atoms with E-state index in [0.29, 0.717) is 5.56 Å². The first-order chi connectivity index (χ1) is 10.2. The number of fused-ring (bicyclic) bond motifs is 5. The number of rotatable bonds is 1. The number of nitrogens with zero attached hydrogens (tertiary/aromatic N) is 1. The molecule has 2 aromatic carbocycles. The van der Waals surface area contributed by atoms with E-state index in [-0.39, 0.29) is 0 Å². The van der Waals surface area contributed by atoms with Gasteiger partial charge in [0, 0.05) is 17.1 Å². The fourth-order valence-corrected chi connectivity index (χ4v) is 2.96. The molecule has 1 aliphatic heterocycles. The maximum Gasteiger partial charge on any atom is 0.335 e. The van der Waals surface area contributed by atoms with Gasteiger partial charge in [-0.3, -0.25) is 0 Å². The SMILES string of the molecule is O=C(O)c1ccc2cc3n(c2c1)C=CCc1ccccc1-3. The lowest BCUT2D eigenvalue weighted by atomic mass is 10.0. The van der Waals surface area contributed by atoms with Gasteiger partial charge in [-0.1, -0.05) is 36.4 Å². The Morgan fingerprint density at radius 1 is 1.10 bits per heavy atom. The van der Waals surface area contributed by atoms with Crippen molar-refractivity contribution in [2.24, 2.45) is 0 Å². The summed E-state index contributed by atoms with van der Waals surface area (Å²) >= 11 is 0. The van der Waals surface area contributed by atoms with Crippen molar-refractivity contribution in [1.82, 2.24) is 4.57 Å². The molecule has 3 heteroatoms. The summed E-state index contributed by atoms with van der Waals surface area (Å²) in [6.07, 6.45) is 5.03. The maximum atomic E-state index is 11.2. The second-order valence-electron chi connectivity index (χ2n) is 5.22. The van der Waals surface area contributed by atoms with Crippen molar-refractivity contribution in [1.29, 1.82) is 0 Å². The van der Waals surface area contributed by atoms with Crippen LogP contribution in [0.1, 0.15) is 15.9 Å². The van der Waals surface area contributed by atoms with Gasteiger partial charge in [-0.2, -0.15) is 0 Å². The average Bonchev–Trinajstić information content (AvgIpc) is 2.75. The summed E-state index contributed by atoms with van der Waals surface area (Å²) in [5.74, 6) is -0.898. The van der Waals surface area contributed by atoms with Gasteiger partial charge in [0.1, 0.15) is 0 Å². The molecule has 0 spiro atoms. The van der Waals surface area contributed by atoms with Crippen LogP contribution in [0.5, 0.6) is 0 Å². The normalized spacial score (nSPS) is 12.8. The molecule has 0 atom stereocenters. The Hall–Kier alpha value is -2.81. The van der Waals surface area contributed by atoms with Crippen LogP contribution in [0.25, 0.3) is 28.4 Å². The average molecular weight is 275 g/mol. The summed E-state index contributed by atoms with van der Waals surface area (Å²) in [6, 6.07) is 15.7. The molecule has 0 amide bonds. The lowest BCUT2D eigenvalue weighted by Gasteiger charge is -2.06. The van der Waals surface area contributed by atoms with Gasteiger partial charge in [0.05, 0.1) is 16.8 Å². The third kappa shape index (κ3) is 1.78. The highest BCUT2D eigenvalue weighted by Crippen LogP contribution is 2.33. The van der Waals surface area contributed by atoms with Crippen LogP contribution in [0.2, 0.25) is 0 Å². The van der Waals surface area contributed by atoms with Crippen molar-refractivity contribution >= 4 is 23.1 Å². The second kappa shape index (κ2) is 4.35. The Morgan fingerprint density at radius 3 is 2.81 bits per heavy atom. The number of benzene rings is 2. The van der Waals surface area contributed by atoms with Crippen molar-refractivity contribution in [2.45, 2.75) is 6.42 Å². The molecule has 1 aliphatic rings. The van der Waals surface area contributed by atoms with Gasteiger partial charge in [-0.05, 0) is 30.2 Å². The predicted molar refractivity (Wildman–Crippen MR) is 83.4 cm³/mol. The lowest BCUT2D eigenvalue weighted by molar-refractivity contribution is 0.0697. The molecule has 0 bridgehead atoms. The van der Waals surface area contributed by atoms with Crippen molar-refractivity contribution in [2.75, 3.05) is 0 Å². The van der Waals surface area contributed by atoms with E-state index in [2.05, 4.69) is 28.8 Å². The van der Waals surface area contributed by atoms with Gasteiger partial charge < -0.3 is 9.67 Å². The Balaban J connectivity index is 2.06. The molecule has 21 heavy (non-hydrogen) atoms. The highest BCUT2D eigenvalue weighted by atomic mass is 16.4. The van der Waals surface area contributed by atoms with Crippen molar-refractivity contribution in [3.05, 3.63) is 65.7 Å². The second-order valence-corrected chi connectivity index (χ2v) is 5.22. The molecule has 0 saturated heterocycles. The van der Waals surface area contributed by atoms with Crippen LogP contribution in [0.3, 0.4) is 0 Å². The molecule has 0 unspecified atom stereocenters. The summed E-state index contributed by atoms with van der Waals surface area (Å²) in [4.78, 5) is 11.2. The minimum absolute atomic E-state index is 0.314. The highest BCUT2D eigenvalue weighted by molar-refractivity contribution is 5.96.